The summed E-state index contributed by atoms with van der Waals surface area (Å²) in [5.41, 5.74) is 1.72. The number of aromatic nitrogens is 1. The maximum Gasteiger partial charge on any atom is 0.322 e. The molecular formula is C24H36N4O3. The van der Waals surface area contributed by atoms with Crippen molar-refractivity contribution in [3.05, 3.63) is 48.3 Å². The number of nitrogens with zero attached hydrogens (tertiary/aromatic N) is 3. The fraction of sp³-hybridized carbons (Fsp3) is 0.500. The molecule has 1 N–H and O–H groups in total. The third kappa shape index (κ3) is 7.35. The Bertz CT molecular complexity index is 843. The van der Waals surface area contributed by atoms with Gasteiger partial charge in [-0.3, -0.25) is 4.79 Å². The van der Waals surface area contributed by atoms with Gasteiger partial charge in [0.05, 0.1) is 13.2 Å². The van der Waals surface area contributed by atoms with Crippen LogP contribution in [0.2, 0.25) is 0 Å². The number of carbonyl (C=O) groups is 2. The van der Waals surface area contributed by atoms with E-state index in [-0.39, 0.29) is 24.5 Å². The van der Waals surface area contributed by atoms with Crippen LogP contribution >= 0.6 is 0 Å². The van der Waals surface area contributed by atoms with Gasteiger partial charge in [0, 0.05) is 37.2 Å². The van der Waals surface area contributed by atoms with Gasteiger partial charge in [-0.15, -0.1) is 0 Å². The van der Waals surface area contributed by atoms with Gasteiger partial charge in [-0.1, -0.05) is 13.8 Å². The molecular weight excluding hydrogens is 392 g/mol. The minimum atomic E-state index is -0.295. The molecule has 0 unspecified atom stereocenters. The van der Waals surface area contributed by atoms with Crippen molar-refractivity contribution >= 4 is 17.6 Å². The first-order valence-corrected chi connectivity index (χ1v) is 10.9. The molecule has 0 aliphatic rings. The predicted octanol–water partition coefficient (Wildman–Crippen LogP) is 4.35. The van der Waals surface area contributed by atoms with Gasteiger partial charge in [0.25, 0.3) is 0 Å². The molecule has 7 heteroatoms. The Morgan fingerprint density at radius 2 is 1.77 bits per heavy atom. The van der Waals surface area contributed by atoms with Gasteiger partial charge in [0.1, 0.15) is 12.3 Å². The van der Waals surface area contributed by atoms with Crippen molar-refractivity contribution in [2.45, 2.75) is 47.2 Å². The second-order valence-corrected chi connectivity index (χ2v) is 8.39. The van der Waals surface area contributed by atoms with Crippen LogP contribution < -0.4 is 10.1 Å². The fourth-order valence-electron chi connectivity index (χ4n) is 3.28. The molecule has 3 amide bonds. The molecule has 0 aliphatic carbocycles. The van der Waals surface area contributed by atoms with Gasteiger partial charge in [0.15, 0.2) is 0 Å². The van der Waals surface area contributed by atoms with Crippen molar-refractivity contribution in [2.24, 2.45) is 13.0 Å². The van der Waals surface area contributed by atoms with E-state index in [0.717, 1.165) is 11.4 Å². The van der Waals surface area contributed by atoms with Crippen molar-refractivity contribution in [2.75, 3.05) is 25.0 Å². The summed E-state index contributed by atoms with van der Waals surface area (Å²) in [5, 5.41) is 2.89. The van der Waals surface area contributed by atoms with Crippen LogP contribution in [0, 0.1) is 5.92 Å². The zero-order valence-corrected chi connectivity index (χ0v) is 19.6. The Labute approximate surface area is 186 Å². The van der Waals surface area contributed by atoms with Crippen LogP contribution in [0.4, 0.5) is 10.5 Å². The lowest BCUT2D eigenvalue weighted by Crippen LogP contribution is -2.48. The molecule has 0 atom stereocenters. The Morgan fingerprint density at radius 3 is 2.29 bits per heavy atom. The number of ether oxygens (including phenoxy) is 1. The summed E-state index contributed by atoms with van der Waals surface area (Å²) in [4.78, 5) is 29.5. The quantitative estimate of drug-likeness (QED) is 0.612. The Morgan fingerprint density at radius 1 is 1.10 bits per heavy atom. The van der Waals surface area contributed by atoms with E-state index in [1.807, 2.05) is 67.7 Å². The van der Waals surface area contributed by atoms with Crippen LogP contribution in [0.25, 0.3) is 0 Å². The summed E-state index contributed by atoms with van der Waals surface area (Å²) < 4.78 is 7.45. The largest absolute Gasteiger partial charge is 0.494 e. The minimum Gasteiger partial charge on any atom is -0.494 e. The number of hydrogen-bond donors (Lipinski definition) is 1. The second-order valence-electron chi connectivity index (χ2n) is 8.39. The summed E-state index contributed by atoms with van der Waals surface area (Å²) in [6.45, 7) is 11.7. The van der Waals surface area contributed by atoms with Crippen molar-refractivity contribution in [1.82, 2.24) is 14.4 Å². The molecule has 7 nitrogen and oxygen atoms in total. The van der Waals surface area contributed by atoms with Crippen LogP contribution in [0.1, 0.15) is 40.3 Å². The van der Waals surface area contributed by atoms with Gasteiger partial charge in [-0.05, 0) is 63.1 Å². The monoisotopic (exact) mass is 428 g/mol. The zero-order valence-electron chi connectivity index (χ0n) is 19.6. The predicted molar refractivity (Wildman–Crippen MR) is 124 cm³/mol. The molecule has 1 heterocycles. The number of amides is 3. The van der Waals surface area contributed by atoms with Gasteiger partial charge in [-0.2, -0.15) is 0 Å². The summed E-state index contributed by atoms with van der Waals surface area (Å²) >= 11 is 0. The average molecular weight is 429 g/mol. The summed E-state index contributed by atoms with van der Waals surface area (Å²) in [7, 11) is 1.97. The SMILES string of the molecule is CCOc1ccc(NC(=O)N(CC(=O)N(Cc2cccn2C)CC(C)C)C(C)C)cc1. The number of anilines is 1. The third-order valence-electron chi connectivity index (χ3n) is 4.95. The number of carbonyl (C=O) groups excluding carboxylic acids is 2. The van der Waals surface area contributed by atoms with E-state index in [2.05, 4.69) is 19.2 Å². The number of urea groups is 1. The lowest BCUT2D eigenvalue weighted by Gasteiger charge is -2.31. The number of aryl methyl sites for hydroxylation is 1. The molecule has 0 bridgehead atoms. The Kier molecular flexibility index (Phi) is 8.97. The lowest BCUT2D eigenvalue weighted by atomic mass is 10.2. The number of nitrogens with one attached hydrogen (secondary N) is 1. The highest BCUT2D eigenvalue weighted by molar-refractivity contribution is 5.92. The molecule has 1 aromatic carbocycles. The molecule has 2 aromatic rings. The highest BCUT2D eigenvalue weighted by atomic mass is 16.5. The molecule has 0 saturated heterocycles. The first-order valence-electron chi connectivity index (χ1n) is 10.9. The van der Waals surface area contributed by atoms with Crippen molar-refractivity contribution in [1.29, 1.82) is 0 Å². The molecule has 31 heavy (non-hydrogen) atoms. The van der Waals surface area contributed by atoms with Crippen molar-refractivity contribution < 1.29 is 14.3 Å². The molecule has 0 saturated carbocycles. The highest BCUT2D eigenvalue weighted by Crippen LogP contribution is 2.17. The average Bonchev–Trinajstić information content (AvgIpc) is 3.11. The van der Waals surface area contributed by atoms with E-state index in [1.54, 1.807) is 17.0 Å². The highest BCUT2D eigenvalue weighted by Gasteiger charge is 2.24. The van der Waals surface area contributed by atoms with Crippen molar-refractivity contribution in [3.63, 3.8) is 0 Å². The maximum atomic E-state index is 13.2. The van der Waals surface area contributed by atoms with E-state index in [9.17, 15) is 9.59 Å². The second kappa shape index (κ2) is 11.4. The van der Waals surface area contributed by atoms with Crippen LogP contribution in [0.5, 0.6) is 5.75 Å². The first-order chi connectivity index (χ1) is 14.7. The molecule has 0 radical (unpaired) electrons. The topological polar surface area (TPSA) is 66.8 Å². The molecule has 0 fully saturated rings. The summed E-state index contributed by atoms with van der Waals surface area (Å²) in [6.07, 6.45) is 1.97. The van der Waals surface area contributed by atoms with Crippen LogP contribution in [-0.4, -0.2) is 52.0 Å². The molecule has 170 valence electrons. The molecule has 0 aliphatic heterocycles. The summed E-state index contributed by atoms with van der Waals surface area (Å²) in [6, 6.07) is 10.8. The Hall–Kier alpha value is -2.96. The van der Waals surface area contributed by atoms with E-state index in [4.69, 9.17) is 4.74 Å². The zero-order chi connectivity index (χ0) is 23.0. The normalized spacial score (nSPS) is 11.0. The Balaban J connectivity index is 2.08. The van der Waals surface area contributed by atoms with E-state index < -0.39 is 0 Å². The summed E-state index contributed by atoms with van der Waals surface area (Å²) in [5.74, 6) is 1.02. The number of benzene rings is 1. The van der Waals surface area contributed by atoms with Gasteiger partial charge < -0.3 is 24.4 Å². The maximum absolute atomic E-state index is 13.2. The van der Waals surface area contributed by atoms with Crippen LogP contribution in [-0.2, 0) is 18.4 Å². The van der Waals surface area contributed by atoms with E-state index in [0.29, 0.717) is 31.3 Å². The van der Waals surface area contributed by atoms with Gasteiger partial charge in [-0.25, -0.2) is 4.79 Å². The van der Waals surface area contributed by atoms with Gasteiger partial charge in [0.2, 0.25) is 5.91 Å². The molecule has 1 aromatic heterocycles. The number of rotatable bonds is 10. The van der Waals surface area contributed by atoms with Gasteiger partial charge >= 0.3 is 6.03 Å². The molecule has 0 spiro atoms. The van der Waals surface area contributed by atoms with Crippen LogP contribution in [0.15, 0.2) is 42.6 Å². The lowest BCUT2D eigenvalue weighted by molar-refractivity contribution is -0.133. The van der Waals surface area contributed by atoms with Crippen LogP contribution in [0.3, 0.4) is 0 Å². The standard InChI is InChI=1S/C24H36N4O3/c1-7-31-22-12-10-20(11-13-22)25-24(30)28(19(4)5)17-23(29)27(15-18(2)3)16-21-9-8-14-26(21)6/h8-14,18-19H,7,15-17H2,1-6H3,(H,25,30). The molecule has 2 rings (SSSR count). The van der Waals surface area contributed by atoms with Crippen molar-refractivity contribution in [3.8, 4) is 5.75 Å². The smallest absolute Gasteiger partial charge is 0.322 e. The first kappa shape index (κ1) is 24.3. The minimum absolute atomic E-state index is 0.0255. The van der Waals surface area contributed by atoms with E-state index >= 15 is 0 Å². The third-order valence-corrected chi connectivity index (χ3v) is 4.95. The fourth-order valence-corrected chi connectivity index (χ4v) is 3.28. The number of hydrogen-bond acceptors (Lipinski definition) is 3. The van der Waals surface area contributed by atoms with E-state index in [1.165, 1.54) is 0 Å².